The molecule has 0 unspecified atom stereocenters. The van der Waals surface area contributed by atoms with Crippen LogP contribution in [0.5, 0.6) is 0 Å². The predicted octanol–water partition coefficient (Wildman–Crippen LogP) is 4.14. The molecule has 0 radical (unpaired) electrons. The van der Waals surface area contributed by atoms with Crippen LogP contribution >= 0.6 is 0 Å². The first-order chi connectivity index (χ1) is 14.4. The number of carbonyl (C=O) groups excluding carboxylic acids is 1. The van der Waals surface area contributed by atoms with Crippen molar-refractivity contribution in [1.82, 2.24) is 24.7 Å². The van der Waals surface area contributed by atoms with E-state index in [1.165, 1.54) is 24.5 Å². The maximum atomic E-state index is 13.3. The minimum Gasteiger partial charge on any atom is -0.334 e. The van der Waals surface area contributed by atoms with Crippen molar-refractivity contribution in [3.05, 3.63) is 72.0 Å². The molecule has 0 saturated carbocycles. The highest BCUT2D eigenvalue weighted by Gasteiger charge is 2.18. The fourth-order valence-corrected chi connectivity index (χ4v) is 2.86. The average molecular weight is 406 g/mol. The minimum atomic E-state index is -0.416. The number of hydrogen-bond acceptors (Lipinski definition) is 6. The van der Waals surface area contributed by atoms with Crippen LogP contribution in [0.1, 0.15) is 41.6 Å². The number of anilines is 1. The largest absolute Gasteiger partial charge is 0.334 e. The molecule has 3 aromatic heterocycles. The standard InChI is InChI=1S/C21H19FN6O2/c1-12(2)18-26-21(30-27-18)15-5-4-8-23-19(15)28-10-17(24-11-28)20(29)25-16-7-6-14(22)9-13(16)3/h4-12H,1-3H3,(H,25,29). The molecule has 0 aliphatic rings. The highest BCUT2D eigenvalue weighted by molar-refractivity contribution is 6.03. The van der Waals surface area contributed by atoms with Gasteiger partial charge in [0.25, 0.3) is 11.8 Å². The van der Waals surface area contributed by atoms with Crippen molar-refractivity contribution in [3.8, 4) is 17.3 Å². The molecule has 0 bridgehead atoms. The van der Waals surface area contributed by atoms with Gasteiger partial charge in [0.15, 0.2) is 11.6 Å². The van der Waals surface area contributed by atoms with Crippen LogP contribution in [0.25, 0.3) is 17.3 Å². The number of aromatic nitrogens is 5. The van der Waals surface area contributed by atoms with Crippen LogP contribution in [0.4, 0.5) is 10.1 Å². The van der Waals surface area contributed by atoms with Gasteiger partial charge in [-0.2, -0.15) is 4.98 Å². The molecule has 0 spiro atoms. The van der Waals surface area contributed by atoms with Gasteiger partial charge in [-0.05, 0) is 42.8 Å². The summed E-state index contributed by atoms with van der Waals surface area (Å²) in [7, 11) is 0. The first-order valence-electron chi connectivity index (χ1n) is 9.33. The van der Waals surface area contributed by atoms with Crippen molar-refractivity contribution in [3.63, 3.8) is 0 Å². The van der Waals surface area contributed by atoms with Crippen molar-refractivity contribution >= 4 is 11.6 Å². The van der Waals surface area contributed by atoms with Gasteiger partial charge in [-0.25, -0.2) is 14.4 Å². The van der Waals surface area contributed by atoms with Crippen molar-refractivity contribution < 1.29 is 13.7 Å². The summed E-state index contributed by atoms with van der Waals surface area (Å²) in [6.07, 6.45) is 4.66. The molecule has 3 heterocycles. The lowest BCUT2D eigenvalue weighted by atomic mass is 10.2. The lowest BCUT2D eigenvalue weighted by Crippen LogP contribution is -2.13. The quantitative estimate of drug-likeness (QED) is 0.535. The first-order valence-corrected chi connectivity index (χ1v) is 9.33. The lowest BCUT2D eigenvalue weighted by molar-refractivity contribution is 0.102. The lowest BCUT2D eigenvalue weighted by Gasteiger charge is -2.07. The van der Waals surface area contributed by atoms with Crippen LogP contribution in [-0.4, -0.2) is 30.6 Å². The van der Waals surface area contributed by atoms with Gasteiger partial charge in [0.05, 0.1) is 5.56 Å². The number of imidazole rings is 1. The number of pyridine rings is 1. The molecule has 0 aliphatic carbocycles. The molecular formula is C21H19FN6O2. The second-order valence-corrected chi connectivity index (χ2v) is 7.07. The van der Waals surface area contributed by atoms with E-state index in [1.807, 2.05) is 19.9 Å². The summed E-state index contributed by atoms with van der Waals surface area (Å²) in [5, 5.41) is 6.73. The highest BCUT2D eigenvalue weighted by atomic mass is 19.1. The predicted molar refractivity (Wildman–Crippen MR) is 108 cm³/mol. The SMILES string of the molecule is Cc1cc(F)ccc1NC(=O)c1cn(-c2ncccc2-c2nc(C(C)C)no2)cn1. The Bertz CT molecular complexity index is 1210. The van der Waals surface area contributed by atoms with E-state index in [4.69, 9.17) is 4.52 Å². The van der Waals surface area contributed by atoms with Gasteiger partial charge in [0.2, 0.25) is 0 Å². The maximum absolute atomic E-state index is 13.3. The van der Waals surface area contributed by atoms with E-state index >= 15 is 0 Å². The average Bonchev–Trinajstić information content (AvgIpc) is 3.40. The van der Waals surface area contributed by atoms with Crippen molar-refractivity contribution in [2.24, 2.45) is 0 Å². The number of nitrogens with zero attached hydrogens (tertiary/aromatic N) is 5. The van der Waals surface area contributed by atoms with Crippen molar-refractivity contribution in [1.29, 1.82) is 0 Å². The van der Waals surface area contributed by atoms with Gasteiger partial charge in [0, 0.05) is 24.0 Å². The van der Waals surface area contributed by atoms with E-state index in [0.717, 1.165) is 0 Å². The molecule has 0 aliphatic heterocycles. The highest BCUT2D eigenvalue weighted by Crippen LogP contribution is 2.25. The Kier molecular flexibility index (Phi) is 5.09. The summed E-state index contributed by atoms with van der Waals surface area (Å²) < 4.78 is 20.3. The third kappa shape index (κ3) is 3.82. The van der Waals surface area contributed by atoms with Crippen LogP contribution < -0.4 is 5.32 Å². The summed E-state index contributed by atoms with van der Waals surface area (Å²) in [6.45, 7) is 5.66. The number of hydrogen-bond donors (Lipinski definition) is 1. The Morgan fingerprint density at radius 2 is 2.07 bits per heavy atom. The van der Waals surface area contributed by atoms with Gasteiger partial charge < -0.3 is 9.84 Å². The van der Waals surface area contributed by atoms with E-state index < -0.39 is 5.91 Å². The summed E-state index contributed by atoms with van der Waals surface area (Å²) in [5.41, 5.74) is 1.94. The van der Waals surface area contributed by atoms with E-state index in [2.05, 4.69) is 25.4 Å². The Balaban J connectivity index is 1.62. The van der Waals surface area contributed by atoms with Crippen molar-refractivity contribution in [2.75, 3.05) is 5.32 Å². The third-order valence-electron chi connectivity index (χ3n) is 4.47. The zero-order valence-electron chi connectivity index (χ0n) is 16.6. The first kappa shape index (κ1) is 19.4. The number of aryl methyl sites for hydroxylation is 1. The number of benzene rings is 1. The summed E-state index contributed by atoms with van der Waals surface area (Å²) in [4.78, 5) is 25.6. The summed E-state index contributed by atoms with van der Waals surface area (Å²) in [6, 6.07) is 7.72. The van der Waals surface area contributed by atoms with Gasteiger partial charge >= 0.3 is 0 Å². The Hall–Kier alpha value is -3.88. The van der Waals surface area contributed by atoms with Crippen LogP contribution in [0.3, 0.4) is 0 Å². The zero-order valence-corrected chi connectivity index (χ0v) is 16.6. The fourth-order valence-electron chi connectivity index (χ4n) is 2.86. The molecule has 1 aromatic carbocycles. The van der Waals surface area contributed by atoms with E-state index in [-0.39, 0.29) is 17.4 Å². The Morgan fingerprint density at radius 3 is 2.80 bits per heavy atom. The third-order valence-corrected chi connectivity index (χ3v) is 4.47. The molecule has 4 aromatic rings. The molecule has 152 valence electrons. The molecular weight excluding hydrogens is 387 g/mol. The van der Waals surface area contributed by atoms with Gasteiger partial charge in [0.1, 0.15) is 17.8 Å². The van der Waals surface area contributed by atoms with Crippen molar-refractivity contribution in [2.45, 2.75) is 26.7 Å². The molecule has 1 N–H and O–H groups in total. The number of nitrogens with one attached hydrogen (secondary N) is 1. The Labute approximate surface area is 171 Å². The molecule has 1 amide bonds. The number of amides is 1. The van der Waals surface area contributed by atoms with E-state index in [0.29, 0.717) is 34.3 Å². The second-order valence-electron chi connectivity index (χ2n) is 7.07. The topological polar surface area (TPSA) is 98.7 Å². The Morgan fingerprint density at radius 1 is 1.23 bits per heavy atom. The smallest absolute Gasteiger partial charge is 0.275 e. The zero-order chi connectivity index (χ0) is 21.3. The van der Waals surface area contributed by atoms with E-state index in [1.54, 1.807) is 30.0 Å². The molecule has 0 saturated heterocycles. The summed E-state index contributed by atoms with van der Waals surface area (Å²) in [5.74, 6) is 0.783. The minimum absolute atomic E-state index is 0.126. The van der Waals surface area contributed by atoms with E-state index in [9.17, 15) is 9.18 Å². The molecule has 8 nitrogen and oxygen atoms in total. The number of carbonyl (C=O) groups is 1. The number of rotatable bonds is 5. The van der Waals surface area contributed by atoms with Crippen LogP contribution in [0, 0.1) is 12.7 Å². The molecule has 4 rings (SSSR count). The monoisotopic (exact) mass is 406 g/mol. The second kappa shape index (κ2) is 7.86. The fraction of sp³-hybridized carbons (Fsp3) is 0.190. The molecule has 0 fully saturated rings. The van der Waals surface area contributed by atoms with Crippen LogP contribution in [-0.2, 0) is 0 Å². The summed E-state index contributed by atoms with van der Waals surface area (Å²) >= 11 is 0. The molecule has 9 heteroatoms. The van der Waals surface area contributed by atoms with Gasteiger partial charge in [-0.3, -0.25) is 9.36 Å². The normalized spacial score (nSPS) is 11.1. The van der Waals surface area contributed by atoms with Crippen LogP contribution in [0.15, 0.2) is 53.6 Å². The number of halogens is 1. The van der Waals surface area contributed by atoms with Gasteiger partial charge in [-0.15, -0.1) is 0 Å². The molecule has 30 heavy (non-hydrogen) atoms. The van der Waals surface area contributed by atoms with Gasteiger partial charge in [-0.1, -0.05) is 19.0 Å². The maximum Gasteiger partial charge on any atom is 0.275 e. The van der Waals surface area contributed by atoms with Crippen LogP contribution in [0.2, 0.25) is 0 Å². The molecule has 0 atom stereocenters.